The summed E-state index contributed by atoms with van der Waals surface area (Å²) >= 11 is 0. The van der Waals surface area contributed by atoms with Crippen molar-refractivity contribution in [1.82, 2.24) is 0 Å². The zero-order chi connectivity index (χ0) is 9.73. The molecule has 0 spiro atoms. The molecule has 0 saturated carbocycles. The van der Waals surface area contributed by atoms with Crippen LogP contribution in [-0.4, -0.2) is 18.0 Å². The largest absolute Gasteiger partial charge is 0.395 e. The fourth-order valence-corrected chi connectivity index (χ4v) is 1.20. The molecule has 2 nitrogen and oxygen atoms in total. The molecular formula is C11H14O2. The Hall–Kier alpha value is -1.15. The third-order valence-corrected chi connectivity index (χ3v) is 2.10. The van der Waals surface area contributed by atoms with Gasteiger partial charge in [-0.25, -0.2) is 0 Å². The molecule has 0 aliphatic rings. The van der Waals surface area contributed by atoms with Gasteiger partial charge in [0.05, 0.1) is 12.0 Å². The lowest BCUT2D eigenvalue weighted by atomic mass is 9.86. The molecule has 0 fully saturated rings. The molecule has 1 aromatic carbocycles. The van der Waals surface area contributed by atoms with Crippen LogP contribution in [0.15, 0.2) is 30.3 Å². The summed E-state index contributed by atoms with van der Waals surface area (Å²) in [7, 11) is 0. The molecule has 0 radical (unpaired) electrons. The first-order valence-electron chi connectivity index (χ1n) is 4.31. The highest BCUT2D eigenvalue weighted by atomic mass is 16.3. The summed E-state index contributed by atoms with van der Waals surface area (Å²) in [5.74, 6) is 0. The molecule has 70 valence electrons. The van der Waals surface area contributed by atoms with E-state index in [1.54, 1.807) is 6.92 Å². The van der Waals surface area contributed by atoms with Crippen molar-refractivity contribution in [2.75, 3.05) is 6.61 Å². The van der Waals surface area contributed by atoms with E-state index in [2.05, 4.69) is 0 Å². The highest BCUT2D eigenvalue weighted by Gasteiger charge is 2.22. The number of carbonyl (C=O) groups excluding carboxylic acids is 1. The molecule has 0 aliphatic carbocycles. The van der Waals surface area contributed by atoms with Crippen molar-refractivity contribution in [2.45, 2.75) is 13.3 Å². The van der Waals surface area contributed by atoms with Gasteiger partial charge in [-0.3, -0.25) is 0 Å². The Morgan fingerprint density at radius 3 is 2.46 bits per heavy atom. The minimum Gasteiger partial charge on any atom is -0.395 e. The van der Waals surface area contributed by atoms with Gasteiger partial charge in [-0.15, -0.1) is 0 Å². The van der Waals surface area contributed by atoms with E-state index in [0.717, 1.165) is 11.8 Å². The zero-order valence-electron chi connectivity index (χ0n) is 7.73. The first kappa shape index (κ1) is 9.93. The predicted octanol–water partition coefficient (Wildman–Crippen LogP) is 1.43. The Bertz CT molecular complexity index is 269. The molecule has 0 amide bonds. The molecule has 0 bridgehead atoms. The Kier molecular flexibility index (Phi) is 3.20. The van der Waals surface area contributed by atoms with Gasteiger partial charge in [0.2, 0.25) is 0 Å². The van der Waals surface area contributed by atoms with E-state index in [-0.39, 0.29) is 6.61 Å². The second-order valence-electron chi connectivity index (χ2n) is 3.59. The standard InChI is InChI=1S/C11H14O2/c1-11(8-12,9-13)7-10-5-3-2-4-6-10/h2-6,8,13H,7,9H2,1H3. The van der Waals surface area contributed by atoms with Crippen molar-refractivity contribution in [2.24, 2.45) is 5.41 Å². The normalized spacial score (nSPS) is 14.9. The topological polar surface area (TPSA) is 37.3 Å². The number of aliphatic hydroxyl groups is 1. The van der Waals surface area contributed by atoms with E-state index in [4.69, 9.17) is 5.11 Å². The van der Waals surface area contributed by atoms with E-state index in [1.165, 1.54) is 0 Å². The molecule has 1 atom stereocenters. The maximum atomic E-state index is 10.7. The molecule has 1 unspecified atom stereocenters. The van der Waals surface area contributed by atoms with E-state index in [9.17, 15) is 4.79 Å². The lowest BCUT2D eigenvalue weighted by Gasteiger charge is -2.19. The second-order valence-corrected chi connectivity index (χ2v) is 3.59. The Balaban J connectivity index is 2.73. The number of aliphatic hydroxyl groups excluding tert-OH is 1. The van der Waals surface area contributed by atoms with Crippen LogP contribution in [0.2, 0.25) is 0 Å². The van der Waals surface area contributed by atoms with Crippen molar-refractivity contribution in [1.29, 1.82) is 0 Å². The van der Waals surface area contributed by atoms with Crippen LogP contribution in [0.25, 0.3) is 0 Å². The first-order valence-corrected chi connectivity index (χ1v) is 4.31. The summed E-state index contributed by atoms with van der Waals surface area (Å²) in [5.41, 5.74) is 0.438. The quantitative estimate of drug-likeness (QED) is 0.708. The van der Waals surface area contributed by atoms with Crippen LogP contribution in [0.4, 0.5) is 0 Å². The second kappa shape index (κ2) is 4.19. The maximum Gasteiger partial charge on any atom is 0.128 e. The van der Waals surface area contributed by atoms with Crippen LogP contribution in [0.5, 0.6) is 0 Å². The first-order chi connectivity index (χ1) is 6.20. The molecule has 1 N–H and O–H groups in total. The van der Waals surface area contributed by atoms with Crippen LogP contribution in [0, 0.1) is 5.41 Å². The Morgan fingerprint density at radius 2 is 2.00 bits per heavy atom. The average Bonchev–Trinajstić information content (AvgIpc) is 2.19. The molecular weight excluding hydrogens is 164 g/mol. The van der Waals surface area contributed by atoms with Crippen LogP contribution >= 0.6 is 0 Å². The van der Waals surface area contributed by atoms with Gasteiger partial charge in [0, 0.05) is 0 Å². The summed E-state index contributed by atoms with van der Waals surface area (Å²) in [6.45, 7) is 1.65. The fourth-order valence-electron chi connectivity index (χ4n) is 1.20. The Labute approximate surface area is 78.2 Å². The predicted molar refractivity (Wildman–Crippen MR) is 51.4 cm³/mol. The molecule has 0 aromatic heterocycles. The number of aldehydes is 1. The summed E-state index contributed by atoms with van der Waals surface area (Å²) in [4.78, 5) is 10.7. The molecule has 1 aromatic rings. The van der Waals surface area contributed by atoms with Gasteiger partial charge >= 0.3 is 0 Å². The third-order valence-electron chi connectivity index (χ3n) is 2.10. The third kappa shape index (κ3) is 2.67. The molecule has 1 rings (SSSR count). The molecule has 13 heavy (non-hydrogen) atoms. The lowest BCUT2D eigenvalue weighted by molar-refractivity contribution is -0.117. The molecule has 0 saturated heterocycles. The molecule has 2 heteroatoms. The highest BCUT2D eigenvalue weighted by molar-refractivity contribution is 5.59. The SMILES string of the molecule is CC(C=O)(CO)Cc1ccccc1. The van der Waals surface area contributed by atoms with Gasteiger partial charge in [-0.2, -0.15) is 0 Å². The van der Waals surface area contributed by atoms with Crippen molar-refractivity contribution in [3.8, 4) is 0 Å². The number of hydrogen-bond acceptors (Lipinski definition) is 2. The van der Waals surface area contributed by atoms with Crippen LogP contribution in [0.1, 0.15) is 12.5 Å². The van der Waals surface area contributed by atoms with E-state index >= 15 is 0 Å². The summed E-state index contributed by atoms with van der Waals surface area (Å²) in [6, 6.07) is 9.70. The number of hydrogen-bond donors (Lipinski definition) is 1. The zero-order valence-corrected chi connectivity index (χ0v) is 7.73. The lowest BCUT2D eigenvalue weighted by Crippen LogP contribution is -2.25. The van der Waals surface area contributed by atoms with Gasteiger partial charge in [0.15, 0.2) is 0 Å². The van der Waals surface area contributed by atoms with E-state index in [0.29, 0.717) is 6.42 Å². The molecule has 0 aliphatic heterocycles. The number of rotatable bonds is 4. The van der Waals surface area contributed by atoms with Gasteiger partial charge in [-0.05, 0) is 12.0 Å². The highest BCUT2D eigenvalue weighted by Crippen LogP contribution is 2.18. The number of carbonyl (C=O) groups is 1. The van der Waals surface area contributed by atoms with Gasteiger partial charge in [-0.1, -0.05) is 37.3 Å². The fraction of sp³-hybridized carbons (Fsp3) is 0.364. The molecule has 0 heterocycles. The maximum absolute atomic E-state index is 10.7. The monoisotopic (exact) mass is 178 g/mol. The number of benzene rings is 1. The van der Waals surface area contributed by atoms with Crippen molar-refractivity contribution in [3.63, 3.8) is 0 Å². The van der Waals surface area contributed by atoms with Crippen molar-refractivity contribution >= 4 is 6.29 Å². The van der Waals surface area contributed by atoms with Crippen LogP contribution in [0.3, 0.4) is 0 Å². The van der Waals surface area contributed by atoms with Crippen molar-refractivity contribution in [3.05, 3.63) is 35.9 Å². The summed E-state index contributed by atoms with van der Waals surface area (Å²) in [5, 5.41) is 9.02. The summed E-state index contributed by atoms with van der Waals surface area (Å²) in [6.07, 6.45) is 1.41. The van der Waals surface area contributed by atoms with Crippen LogP contribution in [-0.2, 0) is 11.2 Å². The van der Waals surface area contributed by atoms with E-state index in [1.807, 2.05) is 30.3 Å². The Morgan fingerprint density at radius 1 is 1.38 bits per heavy atom. The van der Waals surface area contributed by atoms with Gasteiger partial charge in [0.25, 0.3) is 0 Å². The average molecular weight is 178 g/mol. The summed E-state index contributed by atoms with van der Waals surface area (Å²) < 4.78 is 0. The van der Waals surface area contributed by atoms with Crippen molar-refractivity contribution < 1.29 is 9.90 Å². The van der Waals surface area contributed by atoms with Gasteiger partial charge < -0.3 is 9.90 Å². The minimum atomic E-state index is -0.638. The van der Waals surface area contributed by atoms with Crippen LogP contribution < -0.4 is 0 Å². The minimum absolute atomic E-state index is 0.106. The van der Waals surface area contributed by atoms with E-state index < -0.39 is 5.41 Å². The smallest absolute Gasteiger partial charge is 0.128 e. The van der Waals surface area contributed by atoms with Gasteiger partial charge in [0.1, 0.15) is 6.29 Å².